The van der Waals surface area contributed by atoms with E-state index in [9.17, 15) is 9.59 Å². The summed E-state index contributed by atoms with van der Waals surface area (Å²) in [5, 5.41) is 0. The molecule has 2 unspecified atom stereocenters. The van der Waals surface area contributed by atoms with Gasteiger partial charge in [-0.15, -0.1) is 0 Å². The standard InChI is InChI=1S/C25H32N2O3/c1-25(2,3)23(28)22-10-7-15-27(22)24(29)21(26)16-18-11-13-20(14-12-18)30-17-19-8-5-4-6-9-19/h4-6,8-9,11-14,21-22H,7,10,15-17,26H2,1-3H3. The van der Waals surface area contributed by atoms with Crippen LogP contribution in [0.5, 0.6) is 5.75 Å². The number of amides is 1. The van der Waals surface area contributed by atoms with Gasteiger partial charge in [0.05, 0.1) is 12.1 Å². The van der Waals surface area contributed by atoms with Crippen molar-refractivity contribution in [3.63, 3.8) is 0 Å². The molecule has 5 heteroatoms. The molecule has 1 aliphatic heterocycles. The summed E-state index contributed by atoms with van der Waals surface area (Å²) in [5.41, 5.74) is 7.86. The molecule has 160 valence electrons. The van der Waals surface area contributed by atoms with E-state index < -0.39 is 11.5 Å². The Balaban J connectivity index is 1.56. The van der Waals surface area contributed by atoms with Gasteiger partial charge in [0.15, 0.2) is 5.78 Å². The first-order valence-corrected chi connectivity index (χ1v) is 10.6. The van der Waals surface area contributed by atoms with Crippen LogP contribution in [0, 0.1) is 5.41 Å². The van der Waals surface area contributed by atoms with E-state index in [2.05, 4.69) is 0 Å². The van der Waals surface area contributed by atoms with Crippen molar-refractivity contribution in [1.82, 2.24) is 4.90 Å². The molecule has 2 atom stereocenters. The Labute approximate surface area is 179 Å². The third-order valence-electron chi connectivity index (χ3n) is 5.52. The summed E-state index contributed by atoms with van der Waals surface area (Å²) in [6.45, 7) is 6.81. The highest BCUT2D eigenvalue weighted by Crippen LogP contribution is 2.27. The summed E-state index contributed by atoms with van der Waals surface area (Å²) in [7, 11) is 0. The largest absolute Gasteiger partial charge is 0.489 e. The molecule has 3 rings (SSSR count). The van der Waals surface area contributed by atoms with Gasteiger partial charge in [-0.25, -0.2) is 0 Å². The number of Topliss-reactive ketones (excluding diaryl/α,β-unsaturated/α-hetero) is 1. The lowest BCUT2D eigenvalue weighted by Gasteiger charge is -2.30. The van der Waals surface area contributed by atoms with Crippen molar-refractivity contribution in [2.75, 3.05) is 6.54 Å². The lowest BCUT2D eigenvalue weighted by atomic mass is 9.85. The quantitative estimate of drug-likeness (QED) is 0.757. The van der Waals surface area contributed by atoms with Crippen molar-refractivity contribution in [3.05, 3.63) is 65.7 Å². The Kier molecular flexibility index (Phi) is 6.93. The molecule has 2 aromatic rings. The number of hydrogen-bond donors (Lipinski definition) is 1. The van der Waals surface area contributed by atoms with Gasteiger partial charge < -0.3 is 15.4 Å². The first-order valence-electron chi connectivity index (χ1n) is 10.6. The maximum Gasteiger partial charge on any atom is 0.240 e. The van der Waals surface area contributed by atoms with E-state index in [1.54, 1.807) is 4.90 Å². The molecule has 0 aromatic heterocycles. The van der Waals surface area contributed by atoms with E-state index in [-0.39, 0.29) is 17.7 Å². The van der Waals surface area contributed by atoms with Crippen LogP contribution in [0.1, 0.15) is 44.7 Å². The Morgan fingerprint density at radius 1 is 1.07 bits per heavy atom. The molecule has 0 spiro atoms. The lowest BCUT2D eigenvalue weighted by Crippen LogP contribution is -2.51. The van der Waals surface area contributed by atoms with Crippen LogP contribution < -0.4 is 10.5 Å². The number of benzene rings is 2. The minimum atomic E-state index is -0.658. The van der Waals surface area contributed by atoms with Crippen LogP contribution in [0.15, 0.2) is 54.6 Å². The van der Waals surface area contributed by atoms with Gasteiger partial charge in [-0.05, 0) is 42.5 Å². The van der Waals surface area contributed by atoms with E-state index in [4.69, 9.17) is 10.5 Å². The number of carbonyl (C=O) groups excluding carboxylic acids is 2. The Bertz CT molecular complexity index is 856. The molecule has 0 aliphatic carbocycles. The van der Waals surface area contributed by atoms with Crippen molar-refractivity contribution in [2.45, 2.75) is 58.7 Å². The van der Waals surface area contributed by atoms with Crippen LogP contribution in [-0.2, 0) is 22.6 Å². The fourth-order valence-corrected chi connectivity index (χ4v) is 3.82. The number of nitrogens with two attached hydrogens (primary N) is 1. The second kappa shape index (κ2) is 9.43. The smallest absolute Gasteiger partial charge is 0.240 e. The predicted octanol–water partition coefficient (Wildman–Crippen LogP) is 3.74. The number of nitrogens with zero attached hydrogens (tertiary/aromatic N) is 1. The lowest BCUT2D eigenvalue weighted by molar-refractivity contribution is -0.141. The van der Waals surface area contributed by atoms with Crippen LogP contribution in [0.3, 0.4) is 0 Å². The normalized spacial score (nSPS) is 17.6. The molecule has 1 fully saturated rings. The summed E-state index contributed by atoms with van der Waals surface area (Å²) in [4.78, 5) is 27.3. The highest BCUT2D eigenvalue weighted by molar-refractivity contribution is 5.94. The topological polar surface area (TPSA) is 72.6 Å². The number of rotatable bonds is 7. The molecular formula is C25H32N2O3. The van der Waals surface area contributed by atoms with Gasteiger partial charge in [0.25, 0.3) is 0 Å². The first kappa shape index (κ1) is 22.0. The molecule has 1 aliphatic rings. The summed E-state index contributed by atoms with van der Waals surface area (Å²) in [6, 6.07) is 16.7. The number of carbonyl (C=O) groups is 2. The zero-order chi connectivity index (χ0) is 21.7. The zero-order valence-corrected chi connectivity index (χ0v) is 18.1. The summed E-state index contributed by atoms with van der Waals surface area (Å²) >= 11 is 0. The van der Waals surface area contributed by atoms with Gasteiger partial charge in [-0.1, -0.05) is 63.2 Å². The number of hydrogen-bond acceptors (Lipinski definition) is 4. The Morgan fingerprint density at radius 3 is 2.37 bits per heavy atom. The molecule has 0 bridgehead atoms. The molecular weight excluding hydrogens is 376 g/mol. The molecule has 2 aromatic carbocycles. The highest BCUT2D eigenvalue weighted by Gasteiger charge is 2.40. The molecule has 0 radical (unpaired) electrons. The average molecular weight is 409 g/mol. The predicted molar refractivity (Wildman–Crippen MR) is 118 cm³/mol. The summed E-state index contributed by atoms with van der Waals surface area (Å²) in [5.74, 6) is 0.748. The van der Waals surface area contributed by atoms with Crippen LogP contribution in [-0.4, -0.2) is 35.2 Å². The fourth-order valence-electron chi connectivity index (χ4n) is 3.82. The highest BCUT2D eigenvalue weighted by atomic mass is 16.5. The van der Waals surface area contributed by atoms with Crippen LogP contribution >= 0.6 is 0 Å². The number of likely N-dealkylation sites (tertiary alicyclic amines) is 1. The molecule has 2 N–H and O–H groups in total. The SMILES string of the molecule is CC(C)(C)C(=O)C1CCCN1C(=O)C(N)Cc1ccc(OCc2ccccc2)cc1. The summed E-state index contributed by atoms with van der Waals surface area (Å²) in [6.07, 6.45) is 2.01. The fraction of sp³-hybridized carbons (Fsp3) is 0.440. The van der Waals surface area contributed by atoms with Crippen LogP contribution in [0.2, 0.25) is 0 Å². The molecule has 5 nitrogen and oxygen atoms in total. The Morgan fingerprint density at radius 2 is 1.73 bits per heavy atom. The minimum absolute atomic E-state index is 0.112. The Hall–Kier alpha value is -2.66. The maximum atomic E-state index is 12.9. The van der Waals surface area contributed by atoms with E-state index in [0.29, 0.717) is 19.6 Å². The van der Waals surface area contributed by atoms with Crippen molar-refractivity contribution in [3.8, 4) is 5.75 Å². The summed E-state index contributed by atoms with van der Waals surface area (Å²) < 4.78 is 5.81. The molecule has 1 saturated heterocycles. The van der Waals surface area contributed by atoms with Crippen molar-refractivity contribution in [1.29, 1.82) is 0 Å². The molecule has 1 amide bonds. The monoisotopic (exact) mass is 408 g/mol. The van der Waals surface area contributed by atoms with E-state index in [1.807, 2.05) is 75.4 Å². The molecule has 0 saturated carbocycles. The minimum Gasteiger partial charge on any atom is -0.489 e. The van der Waals surface area contributed by atoms with Crippen LogP contribution in [0.4, 0.5) is 0 Å². The third kappa shape index (κ3) is 5.48. The second-order valence-corrected chi connectivity index (χ2v) is 9.03. The van der Waals surface area contributed by atoms with Gasteiger partial charge in [0.2, 0.25) is 5.91 Å². The molecule has 30 heavy (non-hydrogen) atoms. The third-order valence-corrected chi connectivity index (χ3v) is 5.52. The number of ether oxygens (including phenoxy) is 1. The van der Waals surface area contributed by atoms with Crippen molar-refractivity contribution < 1.29 is 14.3 Å². The van der Waals surface area contributed by atoms with Crippen LogP contribution in [0.25, 0.3) is 0 Å². The van der Waals surface area contributed by atoms with Gasteiger partial charge in [0.1, 0.15) is 12.4 Å². The van der Waals surface area contributed by atoms with Crippen molar-refractivity contribution >= 4 is 11.7 Å². The van der Waals surface area contributed by atoms with Gasteiger partial charge >= 0.3 is 0 Å². The zero-order valence-electron chi connectivity index (χ0n) is 18.1. The number of ketones is 1. The average Bonchev–Trinajstić information content (AvgIpc) is 3.21. The van der Waals surface area contributed by atoms with Crippen molar-refractivity contribution in [2.24, 2.45) is 11.1 Å². The first-order chi connectivity index (χ1) is 14.3. The van der Waals surface area contributed by atoms with Gasteiger partial charge in [-0.2, -0.15) is 0 Å². The molecule has 1 heterocycles. The maximum absolute atomic E-state index is 12.9. The van der Waals surface area contributed by atoms with E-state index >= 15 is 0 Å². The van der Waals surface area contributed by atoms with Gasteiger partial charge in [0, 0.05) is 12.0 Å². The van der Waals surface area contributed by atoms with Gasteiger partial charge in [-0.3, -0.25) is 9.59 Å². The van der Waals surface area contributed by atoms with E-state index in [0.717, 1.165) is 29.7 Å². The second-order valence-electron chi connectivity index (χ2n) is 9.03. The van der Waals surface area contributed by atoms with E-state index in [1.165, 1.54) is 0 Å².